The van der Waals surface area contributed by atoms with Gasteiger partial charge in [0.25, 0.3) is 5.91 Å². The van der Waals surface area contributed by atoms with Crippen molar-refractivity contribution in [3.63, 3.8) is 0 Å². The number of nitrogens with zero attached hydrogens (tertiary/aromatic N) is 1. The predicted octanol–water partition coefficient (Wildman–Crippen LogP) is 0.0883. The van der Waals surface area contributed by atoms with Crippen molar-refractivity contribution in [2.24, 2.45) is 0 Å². The van der Waals surface area contributed by atoms with E-state index in [4.69, 9.17) is 0 Å². The lowest BCUT2D eigenvalue weighted by molar-refractivity contribution is -0.878. The second-order valence-electron chi connectivity index (χ2n) is 6.32. The van der Waals surface area contributed by atoms with Gasteiger partial charge in [-0.3, -0.25) is 4.79 Å². The molecule has 2 fully saturated rings. The van der Waals surface area contributed by atoms with E-state index in [0.717, 1.165) is 25.9 Å². The second-order valence-corrected chi connectivity index (χ2v) is 8.26. The van der Waals surface area contributed by atoms with Crippen LogP contribution >= 0.6 is 0 Å². The van der Waals surface area contributed by atoms with Gasteiger partial charge in [0.2, 0.25) is 10.0 Å². The topological polar surface area (TPSA) is 70.9 Å². The van der Waals surface area contributed by atoms with Crippen LogP contribution in [0.2, 0.25) is 0 Å². The molecular formula is C16H24N3O3S+. The number of carbonyl (C=O) groups is 1. The summed E-state index contributed by atoms with van der Waals surface area (Å²) in [6.07, 6.45) is 4.22. The molecule has 0 aromatic heterocycles. The minimum absolute atomic E-state index is 0.0166. The third-order valence-electron chi connectivity index (χ3n) is 4.56. The van der Waals surface area contributed by atoms with Crippen molar-refractivity contribution in [3.05, 3.63) is 24.3 Å². The Balaban J connectivity index is 1.61. The average molecular weight is 338 g/mol. The zero-order valence-corrected chi connectivity index (χ0v) is 14.1. The quantitative estimate of drug-likeness (QED) is 0.799. The van der Waals surface area contributed by atoms with Crippen LogP contribution in [0.1, 0.15) is 25.7 Å². The molecule has 0 aliphatic carbocycles. The normalized spacial score (nSPS) is 20.0. The largest absolute Gasteiger partial charge is 0.327 e. The van der Waals surface area contributed by atoms with Gasteiger partial charge in [0.1, 0.15) is 0 Å². The van der Waals surface area contributed by atoms with Crippen LogP contribution in [-0.4, -0.2) is 51.4 Å². The lowest BCUT2D eigenvalue weighted by Crippen LogP contribution is -3.11. The number of nitrogens with one attached hydrogen (secondary N) is 2. The number of hydrogen-bond acceptors (Lipinski definition) is 3. The summed E-state index contributed by atoms with van der Waals surface area (Å²) in [5, 5.41) is 2.85. The van der Waals surface area contributed by atoms with E-state index in [1.807, 2.05) is 0 Å². The molecule has 0 atom stereocenters. The molecule has 1 aromatic rings. The second kappa shape index (κ2) is 6.98. The Morgan fingerprint density at radius 2 is 1.65 bits per heavy atom. The standard InChI is InChI=1S/C16H23N3O3S/c20-16(13-18-9-1-2-10-18)17-14-5-7-15(8-6-14)23(21,22)19-11-3-4-12-19/h5-8H,1-4,9-13H2,(H,17,20)/p+1. The van der Waals surface area contributed by atoms with Crippen molar-refractivity contribution < 1.29 is 18.1 Å². The molecule has 0 bridgehead atoms. The van der Waals surface area contributed by atoms with Gasteiger partial charge in [-0.05, 0) is 37.1 Å². The highest BCUT2D eigenvalue weighted by Gasteiger charge is 2.27. The number of hydrogen-bond donors (Lipinski definition) is 2. The first kappa shape index (κ1) is 16.4. The summed E-state index contributed by atoms with van der Waals surface area (Å²) in [7, 11) is -3.39. The van der Waals surface area contributed by atoms with Crippen LogP contribution in [0.5, 0.6) is 0 Å². The van der Waals surface area contributed by atoms with Gasteiger partial charge in [-0.2, -0.15) is 4.31 Å². The van der Waals surface area contributed by atoms with Crippen molar-refractivity contribution in [2.45, 2.75) is 30.6 Å². The van der Waals surface area contributed by atoms with Crippen LogP contribution in [0, 0.1) is 0 Å². The number of quaternary nitrogens is 1. The Kier molecular flexibility index (Phi) is 4.99. The molecule has 0 saturated carbocycles. The van der Waals surface area contributed by atoms with Gasteiger partial charge in [-0.1, -0.05) is 0 Å². The van der Waals surface area contributed by atoms with E-state index in [2.05, 4.69) is 5.32 Å². The van der Waals surface area contributed by atoms with E-state index in [9.17, 15) is 13.2 Å². The Hall–Kier alpha value is -1.44. The summed E-state index contributed by atoms with van der Waals surface area (Å²) >= 11 is 0. The molecule has 126 valence electrons. The molecule has 1 amide bonds. The van der Waals surface area contributed by atoms with Crippen molar-refractivity contribution in [2.75, 3.05) is 38.0 Å². The van der Waals surface area contributed by atoms with Crippen LogP contribution in [0.25, 0.3) is 0 Å². The van der Waals surface area contributed by atoms with E-state index in [1.165, 1.54) is 22.0 Å². The molecule has 2 N–H and O–H groups in total. The van der Waals surface area contributed by atoms with Gasteiger partial charge in [0, 0.05) is 31.6 Å². The summed E-state index contributed by atoms with van der Waals surface area (Å²) < 4.78 is 26.4. The number of amides is 1. The van der Waals surface area contributed by atoms with Crippen LogP contribution in [0.15, 0.2) is 29.2 Å². The van der Waals surface area contributed by atoms with E-state index >= 15 is 0 Å². The number of benzene rings is 1. The molecule has 0 unspecified atom stereocenters. The molecule has 2 aliphatic rings. The smallest absolute Gasteiger partial charge is 0.279 e. The number of anilines is 1. The predicted molar refractivity (Wildman–Crippen MR) is 87.9 cm³/mol. The van der Waals surface area contributed by atoms with Gasteiger partial charge in [0.05, 0.1) is 18.0 Å². The maximum atomic E-state index is 12.4. The molecule has 7 heteroatoms. The van der Waals surface area contributed by atoms with E-state index in [1.54, 1.807) is 24.3 Å². The minimum atomic E-state index is -3.39. The van der Waals surface area contributed by atoms with Crippen molar-refractivity contribution in [1.29, 1.82) is 0 Å². The third-order valence-corrected chi connectivity index (χ3v) is 6.47. The van der Waals surface area contributed by atoms with Gasteiger partial charge < -0.3 is 10.2 Å². The van der Waals surface area contributed by atoms with Crippen LogP contribution in [-0.2, 0) is 14.8 Å². The van der Waals surface area contributed by atoms with Crippen LogP contribution in [0.3, 0.4) is 0 Å². The van der Waals surface area contributed by atoms with E-state index < -0.39 is 10.0 Å². The minimum Gasteiger partial charge on any atom is -0.327 e. The fourth-order valence-corrected chi connectivity index (χ4v) is 4.79. The summed E-state index contributed by atoms with van der Waals surface area (Å²) in [5.74, 6) is -0.0166. The molecule has 3 rings (SSSR count). The number of carbonyl (C=O) groups excluding carboxylic acids is 1. The van der Waals surface area contributed by atoms with Crippen molar-refractivity contribution in [1.82, 2.24) is 4.31 Å². The number of likely N-dealkylation sites (tertiary alicyclic amines) is 1. The van der Waals surface area contributed by atoms with Gasteiger partial charge in [-0.25, -0.2) is 8.42 Å². The van der Waals surface area contributed by atoms with Crippen LogP contribution < -0.4 is 10.2 Å². The molecule has 2 saturated heterocycles. The molecule has 2 aliphatic heterocycles. The number of sulfonamides is 1. The Morgan fingerprint density at radius 1 is 1.04 bits per heavy atom. The first-order valence-electron chi connectivity index (χ1n) is 8.29. The molecule has 2 heterocycles. The van der Waals surface area contributed by atoms with E-state index in [-0.39, 0.29) is 5.91 Å². The Bertz CT molecular complexity index is 646. The van der Waals surface area contributed by atoms with Gasteiger partial charge >= 0.3 is 0 Å². The molecule has 0 radical (unpaired) electrons. The average Bonchev–Trinajstić information content (AvgIpc) is 3.21. The van der Waals surface area contributed by atoms with E-state index in [0.29, 0.717) is 30.2 Å². The summed E-state index contributed by atoms with van der Waals surface area (Å²) in [6.45, 7) is 3.79. The lowest BCUT2D eigenvalue weighted by atomic mass is 10.3. The summed E-state index contributed by atoms with van der Waals surface area (Å²) in [6, 6.07) is 6.48. The zero-order valence-electron chi connectivity index (χ0n) is 13.3. The first-order valence-corrected chi connectivity index (χ1v) is 9.73. The maximum absolute atomic E-state index is 12.4. The highest BCUT2D eigenvalue weighted by molar-refractivity contribution is 7.89. The monoisotopic (exact) mass is 338 g/mol. The van der Waals surface area contributed by atoms with Gasteiger partial charge in [0.15, 0.2) is 6.54 Å². The molecule has 23 heavy (non-hydrogen) atoms. The summed E-state index contributed by atoms with van der Waals surface area (Å²) in [4.78, 5) is 13.6. The highest BCUT2D eigenvalue weighted by atomic mass is 32.2. The molecule has 0 spiro atoms. The summed E-state index contributed by atoms with van der Waals surface area (Å²) in [5.41, 5.74) is 0.647. The van der Waals surface area contributed by atoms with Gasteiger partial charge in [-0.15, -0.1) is 0 Å². The SMILES string of the molecule is O=C(C[NH+]1CCCC1)Nc1ccc(S(=O)(=O)N2CCCC2)cc1. The third kappa shape index (κ3) is 3.91. The molecule has 6 nitrogen and oxygen atoms in total. The van der Waals surface area contributed by atoms with Crippen LogP contribution in [0.4, 0.5) is 5.69 Å². The highest BCUT2D eigenvalue weighted by Crippen LogP contribution is 2.22. The Morgan fingerprint density at radius 3 is 2.26 bits per heavy atom. The Labute approximate surface area is 137 Å². The zero-order chi connectivity index (χ0) is 16.3. The molecular weight excluding hydrogens is 314 g/mol. The number of rotatable bonds is 5. The molecule has 1 aromatic carbocycles. The van der Waals surface area contributed by atoms with Crippen molar-refractivity contribution >= 4 is 21.6 Å². The first-order chi connectivity index (χ1) is 11.1. The fourth-order valence-electron chi connectivity index (χ4n) is 3.27. The van der Waals surface area contributed by atoms with Crippen molar-refractivity contribution in [3.8, 4) is 0 Å². The lowest BCUT2D eigenvalue weighted by Gasteiger charge is -2.16. The maximum Gasteiger partial charge on any atom is 0.279 e. The fraction of sp³-hybridized carbons (Fsp3) is 0.562.